The zero-order chi connectivity index (χ0) is 24.9. The molecule has 1 saturated heterocycles. The van der Waals surface area contributed by atoms with Gasteiger partial charge in [0.1, 0.15) is 13.2 Å². The Bertz CT molecular complexity index is 1410. The van der Waals surface area contributed by atoms with Crippen LogP contribution >= 0.6 is 27.7 Å². The maximum atomic E-state index is 12.9. The molecule has 0 atom stereocenters. The number of hydrogen-bond acceptors (Lipinski definition) is 6. The Morgan fingerprint density at radius 1 is 1.20 bits per heavy atom. The largest absolute Gasteiger partial charge is 0.493 e. The van der Waals surface area contributed by atoms with E-state index in [9.17, 15) is 14.4 Å². The van der Waals surface area contributed by atoms with Crippen LogP contribution in [0.15, 0.2) is 64.0 Å². The van der Waals surface area contributed by atoms with Crippen molar-refractivity contribution in [3.63, 3.8) is 0 Å². The minimum atomic E-state index is -0.546. The number of methoxy groups -OCH3 is 1. The van der Waals surface area contributed by atoms with Gasteiger partial charge in [-0.25, -0.2) is 0 Å². The molecule has 0 unspecified atom stereocenters. The van der Waals surface area contributed by atoms with Gasteiger partial charge in [-0.2, -0.15) is 0 Å². The normalized spacial score (nSPS) is 14.3. The molecule has 0 saturated carbocycles. The van der Waals surface area contributed by atoms with Gasteiger partial charge in [-0.3, -0.25) is 19.3 Å². The smallest absolute Gasteiger partial charge is 0.294 e. The minimum Gasteiger partial charge on any atom is -0.493 e. The van der Waals surface area contributed by atoms with Crippen LogP contribution in [-0.4, -0.2) is 42.2 Å². The lowest BCUT2D eigenvalue weighted by molar-refractivity contribution is -0.127. The predicted molar refractivity (Wildman–Crippen MR) is 140 cm³/mol. The molecular weight excluding hydrogens is 532 g/mol. The van der Waals surface area contributed by atoms with Crippen molar-refractivity contribution in [2.45, 2.75) is 0 Å². The molecule has 0 aliphatic carbocycles. The standard InChI is InChI=1S/C26H19BrN2O5S/c1-3-11-34-24-19(27)12-16(13-21(24)33-2)14-22-25(31)29(26(32)35-22)15-23(30)28-20-10-6-8-17-7-4-5-9-18(17)20/h1,4-10,12-14H,11,15H2,2H3,(H,28,30)/b22-14-. The molecule has 1 heterocycles. The fourth-order valence-corrected chi connectivity index (χ4v) is 4.94. The van der Waals surface area contributed by atoms with E-state index in [1.54, 1.807) is 24.3 Å². The number of carbonyl (C=O) groups excluding carboxylic acids is 3. The van der Waals surface area contributed by atoms with Crippen molar-refractivity contribution in [3.05, 3.63) is 69.5 Å². The van der Waals surface area contributed by atoms with E-state index in [1.165, 1.54) is 7.11 Å². The van der Waals surface area contributed by atoms with E-state index in [0.717, 1.165) is 27.4 Å². The number of terminal acetylenes is 1. The highest BCUT2D eigenvalue weighted by atomic mass is 79.9. The van der Waals surface area contributed by atoms with Crippen molar-refractivity contribution in [3.8, 4) is 23.8 Å². The predicted octanol–water partition coefficient (Wildman–Crippen LogP) is 5.30. The van der Waals surface area contributed by atoms with Gasteiger partial charge in [0.15, 0.2) is 11.5 Å². The Kier molecular flexibility index (Phi) is 7.44. The molecule has 0 bridgehead atoms. The fourth-order valence-electron chi connectivity index (χ4n) is 3.53. The number of rotatable bonds is 7. The molecule has 3 aromatic rings. The average molecular weight is 551 g/mol. The molecule has 7 nitrogen and oxygen atoms in total. The number of amides is 3. The molecule has 35 heavy (non-hydrogen) atoms. The van der Waals surface area contributed by atoms with Crippen LogP contribution in [0.5, 0.6) is 11.5 Å². The minimum absolute atomic E-state index is 0.0635. The van der Waals surface area contributed by atoms with Crippen molar-refractivity contribution in [1.82, 2.24) is 4.90 Å². The van der Waals surface area contributed by atoms with E-state index < -0.39 is 23.6 Å². The van der Waals surface area contributed by atoms with E-state index in [1.807, 2.05) is 36.4 Å². The first-order valence-corrected chi connectivity index (χ1v) is 12.0. The van der Waals surface area contributed by atoms with Gasteiger partial charge >= 0.3 is 0 Å². The lowest BCUT2D eigenvalue weighted by atomic mass is 10.1. The molecule has 4 rings (SSSR count). The van der Waals surface area contributed by atoms with Crippen molar-refractivity contribution >= 4 is 67.3 Å². The van der Waals surface area contributed by atoms with E-state index in [0.29, 0.717) is 27.2 Å². The number of anilines is 1. The molecule has 1 fully saturated rings. The van der Waals surface area contributed by atoms with Crippen molar-refractivity contribution in [2.75, 3.05) is 25.6 Å². The van der Waals surface area contributed by atoms with Crippen LogP contribution in [0.2, 0.25) is 0 Å². The van der Waals surface area contributed by atoms with Gasteiger partial charge in [-0.05, 0) is 62.9 Å². The summed E-state index contributed by atoms with van der Waals surface area (Å²) < 4.78 is 11.4. The van der Waals surface area contributed by atoms with E-state index in [2.05, 4.69) is 27.2 Å². The third kappa shape index (κ3) is 5.34. The highest BCUT2D eigenvalue weighted by Crippen LogP contribution is 2.39. The third-order valence-corrected chi connectivity index (χ3v) is 6.58. The topological polar surface area (TPSA) is 84.9 Å². The summed E-state index contributed by atoms with van der Waals surface area (Å²) in [5.74, 6) is 2.22. The molecule has 1 aliphatic rings. The molecule has 9 heteroatoms. The van der Waals surface area contributed by atoms with Crippen molar-refractivity contribution in [1.29, 1.82) is 0 Å². The summed E-state index contributed by atoms with van der Waals surface area (Å²) in [5.41, 5.74) is 1.21. The van der Waals surface area contributed by atoms with Gasteiger partial charge in [-0.15, -0.1) is 6.42 Å². The number of carbonyl (C=O) groups is 3. The monoisotopic (exact) mass is 550 g/mol. The number of benzene rings is 3. The van der Waals surface area contributed by atoms with Crippen molar-refractivity contribution in [2.24, 2.45) is 0 Å². The first-order chi connectivity index (χ1) is 16.9. The van der Waals surface area contributed by atoms with Crippen LogP contribution in [-0.2, 0) is 9.59 Å². The van der Waals surface area contributed by atoms with Crippen LogP contribution < -0.4 is 14.8 Å². The average Bonchev–Trinajstić information content (AvgIpc) is 3.10. The Hall–Kier alpha value is -3.74. The van der Waals surface area contributed by atoms with Crippen LogP contribution in [0.3, 0.4) is 0 Å². The fraction of sp³-hybridized carbons (Fsp3) is 0.115. The maximum Gasteiger partial charge on any atom is 0.294 e. The van der Waals surface area contributed by atoms with Crippen LogP contribution in [0.25, 0.3) is 16.8 Å². The molecule has 0 spiro atoms. The van der Waals surface area contributed by atoms with Gasteiger partial charge in [0.2, 0.25) is 5.91 Å². The summed E-state index contributed by atoms with van der Waals surface area (Å²) in [4.78, 5) is 39.2. The summed E-state index contributed by atoms with van der Waals surface area (Å²) in [7, 11) is 1.48. The lowest BCUT2D eigenvalue weighted by Crippen LogP contribution is -2.36. The van der Waals surface area contributed by atoms with Gasteiger partial charge < -0.3 is 14.8 Å². The summed E-state index contributed by atoms with van der Waals surface area (Å²) in [5, 5.41) is 4.12. The molecule has 0 aromatic heterocycles. The number of hydrogen-bond donors (Lipinski definition) is 1. The van der Waals surface area contributed by atoms with Crippen LogP contribution in [0.4, 0.5) is 10.5 Å². The molecule has 3 aromatic carbocycles. The zero-order valence-corrected chi connectivity index (χ0v) is 20.9. The SMILES string of the molecule is C#CCOc1c(Br)cc(/C=C2\SC(=O)N(CC(=O)Nc3cccc4ccccc34)C2=O)cc1OC. The van der Waals surface area contributed by atoms with Gasteiger partial charge in [0.25, 0.3) is 11.1 Å². The number of thioether (sulfide) groups is 1. The zero-order valence-electron chi connectivity index (χ0n) is 18.5. The van der Waals surface area contributed by atoms with Crippen molar-refractivity contribution < 1.29 is 23.9 Å². The number of imide groups is 1. The molecule has 0 radical (unpaired) electrons. The number of nitrogens with zero attached hydrogens (tertiary/aromatic N) is 1. The number of fused-ring (bicyclic) bond motifs is 1. The number of halogens is 1. The highest BCUT2D eigenvalue weighted by molar-refractivity contribution is 9.10. The third-order valence-electron chi connectivity index (χ3n) is 5.09. The summed E-state index contributed by atoms with van der Waals surface area (Å²) in [6.45, 7) is -0.328. The molecule has 1 aliphatic heterocycles. The second-order valence-corrected chi connectivity index (χ2v) is 9.22. The Morgan fingerprint density at radius 3 is 2.74 bits per heavy atom. The maximum absolute atomic E-state index is 12.9. The van der Waals surface area contributed by atoms with E-state index >= 15 is 0 Å². The molecular formula is C26H19BrN2O5S. The number of ether oxygens (including phenoxy) is 2. The van der Waals surface area contributed by atoms with Gasteiger partial charge in [-0.1, -0.05) is 42.3 Å². The summed E-state index contributed by atoms with van der Waals surface area (Å²) >= 11 is 4.18. The molecule has 3 amide bonds. The Morgan fingerprint density at radius 2 is 1.97 bits per heavy atom. The lowest BCUT2D eigenvalue weighted by Gasteiger charge is -2.14. The second-order valence-electron chi connectivity index (χ2n) is 7.37. The van der Waals surface area contributed by atoms with E-state index in [-0.39, 0.29) is 11.5 Å². The number of nitrogens with one attached hydrogen (secondary N) is 1. The Balaban J connectivity index is 1.51. The Labute approximate surface area is 214 Å². The molecule has 1 N–H and O–H groups in total. The van der Waals surface area contributed by atoms with Crippen LogP contribution in [0, 0.1) is 12.3 Å². The quantitative estimate of drug-likeness (QED) is 0.317. The highest BCUT2D eigenvalue weighted by Gasteiger charge is 2.36. The van der Waals surface area contributed by atoms with E-state index in [4.69, 9.17) is 15.9 Å². The second kappa shape index (κ2) is 10.7. The van der Waals surface area contributed by atoms with Crippen LogP contribution in [0.1, 0.15) is 5.56 Å². The van der Waals surface area contributed by atoms with Gasteiger partial charge in [0, 0.05) is 11.1 Å². The first-order valence-electron chi connectivity index (χ1n) is 10.4. The first kappa shape index (κ1) is 24.4. The summed E-state index contributed by atoms with van der Waals surface area (Å²) in [6.07, 6.45) is 6.82. The summed E-state index contributed by atoms with van der Waals surface area (Å²) in [6, 6.07) is 16.5. The van der Waals surface area contributed by atoms with Gasteiger partial charge in [0.05, 0.1) is 16.5 Å². The molecule has 176 valence electrons.